The van der Waals surface area contributed by atoms with E-state index in [0.717, 1.165) is 0 Å². The molecule has 4 nitrogen and oxygen atoms in total. The van der Waals surface area contributed by atoms with Gasteiger partial charge in [-0.05, 0) is 68.3 Å². The molecule has 1 unspecified atom stereocenters. The van der Waals surface area contributed by atoms with Crippen molar-refractivity contribution >= 4 is 48.6 Å². The number of ether oxygens (including phenoxy) is 2. The highest BCUT2D eigenvalue weighted by Crippen LogP contribution is 2.33. The zero-order valence-electron chi connectivity index (χ0n) is 11.8. The SMILES string of the molecule is COc1ccc(S(=O)c2ccc(OC(C)=O)cc2Br)c(Br)c1. The van der Waals surface area contributed by atoms with Crippen LogP contribution >= 0.6 is 31.9 Å². The first-order chi connectivity index (χ1) is 10.4. The van der Waals surface area contributed by atoms with Crippen molar-refractivity contribution in [3.63, 3.8) is 0 Å². The quantitative estimate of drug-likeness (QED) is 0.517. The largest absolute Gasteiger partial charge is 0.497 e. The molecule has 1 atom stereocenters. The number of hydrogen-bond donors (Lipinski definition) is 0. The van der Waals surface area contributed by atoms with Gasteiger partial charge in [-0.25, -0.2) is 4.21 Å². The van der Waals surface area contributed by atoms with Crippen molar-refractivity contribution in [2.45, 2.75) is 16.7 Å². The first kappa shape index (κ1) is 17.2. The molecular weight excluding hydrogens is 436 g/mol. The fraction of sp³-hybridized carbons (Fsp3) is 0.133. The fourth-order valence-corrected chi connectivity index (χ4v) is 4.43. The van der Waals surface area contributed by atoms with Gasteiger partial charge < -0.3 is 9.47 Å². The number of hydrogen-bond acceptors (Lipinski definition) is 4. The number of esters is 1. The Balaban J connectivity index is 2.35. The van der Waals surface area contributed by atoms with E-state index >= 15 is 0 Å². The summed E-state index contributed by atoms with van der Waals surface area (Å²) >= 11 is 6.76. The minimum absolute atomic E-state index is 0.397. The predicted molar refractivity (Wildman–Crippen MR) is 90.8 cm³/mol. The molecule has 0 amide bonds. The molecule has 0 N–H and O–H groups in total. The van der Waals surface area contributed by atoms with Crippen molar-refractivity contribution < 1.29 is 18.5 Å². The van der Waals surface area contributed by atoms with Gasteiger partial charge in [-0.3, -0.25) is 4.79 Å². The van der Waals surface area contributed by atoms with Crippen LogP contribution < -0.4 is 9.47 Å². The van der Waals surface area contributed by atoms with E-state index in [0.29, 0.717) is 30.2 Å². The van der Waals surface area contributed by atoms with Crippen LogP contribution in [-0.2, 0) is 15.6 Å². The lowest BCUT2D eigenvalue weighted by molar-refractivity contribution is -0.131. The Morgan fingerprint density at radius 1 is 1.00 bits per heavy atom. The van der Waals surface area contributed by atoms with Gasteiger partial charge in [0.25, 0.3) is 0 Å². The van der Waals surface area contributed by atoms with Gasteiger partial charge >= 0.3 is 5.97 Å². The van der Waals surface area contributed by atoms with E-state index in [1.54, 1.807) is 43.5 Å². The van der Waals surface area contributed by atoms with E-state index in [1.807, 2.05) is 0 Å². The van der Waals surface area contributed by atoms with Crippen molar-refractivity contribution in [2.75, 3.05) is 7.11 Å². The molecule has 2 rings (SSSR count). The second kappa shape index (κ2) is 7.39. The molecule has 0 aromatic heterocycles. The molecule has 0 radical (unpaired) electrons. The molecule has 0 aliphatic carbocycles. The standard InChI is InChI=1S/C15H12Br2O4S/c1-9(18)21-11-4-6-15(13(17)8-11)22(19)14-5-3-10(20-2)7-12(14)16/h3-8H,1-2H3. The minimum atomic E-state index is -1.39. The van der Waals surface area contributed by atoms with Gasteiger partial charge in [0.2, 0.25) is 0 Å². The molecule has 0 aliphatic rings. The van der Waals surface area contributed by atoms with Crippen LogP contribution in [0.2, 0.25) is 0 Å². The van der Waals surface area contributed by atoms with E-state index < -0.39 is 16.8 Å². The van der Waals surface area contributed by atoms with E-state index in [2.05, 4.69) is 31.9 Å². The first-order valence-corrected chi connectivity index (χ1v) is 8.89. The van der Waals surface area contributed by atoms with E-state index in [-0.39, 0.29) is 0 Å². The van der Waals surface area contributed by atoms with Crippen molar-refractivity contribution in [1.82, 2.24) is 0 Å². The number of benzene rings is 2. The normalized spacial score (nSPS) is 11.8. The summed E-state index contributed by atoms with van der Waals surface area (Å²) in [5.74, 6) is 0.671. The molecule has 22 heavy (non-hydrogen) atoms. The molecule has 0 heterocycles. The average Bonchev–Trinajstić information content (AvgIpc) is 2.46. The molecular formula is C15H12Br2O4S. The summed E-state index contributed by atoms with van der Waals surface area (Å²) in [6.07, 6.45) is 0. The zero-order valence-corrected chi connectivity index (χ0v) is 15.7. The highest BCUT2D eigenvalue weighted by atomic mass is 79.9. The summed E-state index contributed by atoms with van der Waals surface area (Å²) in [6, 6.07) is 10.1. The molecule has 0 spiro atoms. The number of methoxy groups -OCH3 is 1. The summed E-state index contributed by atoms with van der Waals surface area (Å²) in [5, 5.41) is 0. The van der Waals surface area contributed by atoms with Crippen LogP contribution in [0.3, 0.4) is 0 Å². The van der Waals surface area contributed by atoms with Gasteiger partial charge in [0.05, 0.1) is 27.7 Å². The lowest BCUT2D eigenvalue weighted by Crippen LogP contribution is -2.02. The third-order valence-corrected chi connectivity index (χ3v) is 6.05. The van der Waals surface area contributed by atoms with Crippen LogP contribution in [0.15, 0.2) is 55.1 Å². The topological polar surface area (TPSA) is 52.6 Å². The van der Waals surface area contributed by atoms with Gasteiger partial charge in [-0.15, -0.1) is 0 Å². The number of carbonyl (C=O) groups is 1. The number of rotatable bonds is 4. The van der Waals surface area contributed by atoms with Gasteiger partial charge in [0.15, 0.2) is 0 Å². The molecule has 0 bridgehead atoms. The molecule has 7 heteroatoms. The Bertz CT molecular complexity index is 746. The molecule has 0 aliphatic heterocycles. The monoisotopic (exact) mass is 446 g/mol. The predicted octanol–water partition coefficient (Wildman–Crippen LogP) is 4.31. The van der Waals surface area contributed by atoms with Gasteiger partial charge in [0, 0.05) is 15.9 Å². The molecule has 116 valence electrons. The average molecular weight is 448 g/mol. The second-order valence-electron chi connectivity index (χ2n) is 4.25. The molecule has 0 saturated heterocycles. The van der Waals surface area contributed by atoms with Crippen LogP contribution in [0.5, 0.6) is 11.5 Å². The molecule has 0 saturated carbocycles. The third-order valence-electron chi connectivity index (χ3n) is 2.70. The number of carbonyl (C=O) groups excluding carboxylic acids is 1. The van der Waals surface area contributed by atoms with Crippen LogP contribution in [-0.4, -0.2) is 17.3 Å². The summed E-state index contributed by atoms with van der Waals surface area (Å²) in [6.45, 7) is 1.33. The Kier molecular flexibility index (Phi) is 5.77. The fourth-order valence-electron chi connectivity index (χ4n) is 1.74. The van der Waals surface area contributed by atoms with E-state index in [9.17, 15) is 9.00 Å². The lowest BCUT2D eigenvalue weighted by atomic mass is 10.3. The molecule has 2 aromatic carbocycles. The summed E-state index contributed by atoms with van der Waals surface area (Å²) < 4.78 is 24.1. The van der Waals surface area contributed by atoms with E-state index in [1.165, 1.54) is 6.92 Å². The van der Waals surface area contributed by atoms with Crippen LogP contribution in [0.4, 0.5) is 0 Å². The highest BCUT2D eigenvalue weighted by molar-refractivity contribution is 9.10. The summed E-state index contributed by atoms with van der Waals surface area (Å²) in [5.41, 5.74) is 0. The zero-order chi connectivity index (χ0) is 16.3. The third kappa shape index (κ3) is 3.97. The van der Waals surface area contributed by atoms with Gasteiger partial charge in [-0.2, -0.15) is 0 Å². The summed E-state index contributed by atoms with van der Waals surface area (Å²) in [4.78, 5) is 12.2. The molecule has 0 fully saturated rings. The maximum Gasteiger partial charge on any atom is 0.308 e. The maximum absolute atomic E-state index is 12.7. The Morgan fingerprint density at radius 2 is 1.50 bits per heavy atom. The first-order valence-electron chi connectivity index (χ1n) is 6.15. The Labute approximate surface area is 147 Å². The second-order valence-corrected chi connectivity index (χ2v) is 7.38. The summed E-state index contributed by atoms with van der Waals surface area (Å²) in [7, 11) is 0.181. The lowest BCUT2D eigenvalue weighted by Gasteiger charge is -2.10. The van der Waals surface area contributed by atoms with Gasteiger partial charge in [-0.1, -0.05) is 0 Å². The van der Waals surface area contributed by atoms with E-state index in [4.69, 9.17) is 9.47 Å². The van der Waals surface area contributed by atoms with Crippen molar-refractivity contribution in [3.8, 4) is 11.5 Å². The Morgan fingerprint density at radius 3 is 1.95 bits per heavy atom. The molecule has 2 aromatic rings. The van der Waals surface area contributed by atoms with Gasteiger partial charge in [0.1, 0.15) is 11.5 Å². The smallest absolute Gasteiger partial charge is 0.308 e. The van der Waals surface area contributed by atoms with Crippen LogP contribution in [0.25, 0.3) is 0 Å². The maximum atomic E-state index is 12.7. The van der Waals surface area contributed by atoms with Crippen molar-refractivity contribution in [1.29, 1.82) is 0 Å². The van der Waals surface area contributed by atoms with Crippen LogP contribution in [0, 0.1) is 0 Å². The Hall–Kier alpha value is -1.18. The van der Waals surface area contributed by atoms with Crippen LogP contribution in [0.1, 0.15) is 6.92 Å². The van der Waals surface area contributed by atoms with Crippen molar-refractivity contribution in [2.24, 2.45) is 0 Å². The number of halogens is 2. The highest BCUT2D eigenvalue weighted by Gasteiger charge is 2.15. The van der Waals surface area contributed by atoms with Crippen molar-refractivity contribution in [3.05, 3.63) is 45.3 Å². The minimum Gasteiger partial charge on any atom is -0.497 e.